The summed E-state index contributed by atoms with van der Waals surface area (Å²) in [6, 6.07) is -2.27. The van der Waals surface area contributed by atoms with Gasteiger partial charge in [-0.25, -0.2) is 19.2 Å². The number of hydrogen-bond acceptors (Lipinski definition) is 14. The first-order chi connectivity index (χ1) is 22.2. The minimum atomic E-state index is -4.70. The Balaban J connectivity index is -0.0000000311. The van der Waals surface area contributed by atoms with E-state index in [-0.39, 0.29) is 44.4 Å². The first-order valence-electron chi connectivity index (χ1n) is 11.3. The minimum absolute atomic E-state index is 0. The molecule has 0 saturated carbocycles. The molecule has 0 unspecified atom stereocenters. The van der Waals surface area contributed by atoms with Gasteiger partial charge in [0.25, 0.3) is 0 Å². The van der Waals surface area contributed by atoms with E-state index < -0.39 is 106 Å². The van der Waals surface area contributed by atoms with E-state index in [1.165, 1.54) is 0 Å². The first kappa shape index (κ1) is 60.5. The number of carbonyl (C=O) groups is 4. The summed E-state index contributed by atoms with van der Waals surface area (Å²) in [6.45, 7) is -1.44. The van der Waals surface area contributed by atoms with Crippen LogP contribution >= 0.6 is 62.0 Å². The highest BCUT2D eigenvalue weighted by atomic mass is 127. The average Bonchev–Trinajstić information content (AvgIpc) is 2.87. The molecule has 0 aromatic carbocycles. The fourth-order valence-corrected chi connectivity index (χ4v) is 4.30. The standard InChI is InChI=1S/C6H14N2O9P2.C3H10N2O7P2.C3H8NO5P.C2O2.CO2.HI.10H2/c1-7(3-18(12,13)14)6(11)8(2-5(9)10)4-19(15,16)17;6-3(4-1-13(7,8)9)5-2-14(10,11)12;5-3(6)1-4-2-10(7,8)9;3-1-2-4;2-1-3;;;;;;;;;;;/h2-4H2,1H3,(H,9,10)(H2,12,13,14)(H2,15,16,17);1-2H2,(H2,4,5,6)(H2,7,8,9)(H2,10,11,12);4H,1-2H2,(H,5,6)(H2,7,8,9);;;11*1H. The number of aliphatic carboxylic acids is 2. The smallest absolute Gasteiger partial charge is 0.373 e. The average molecular weight is 985 g/mol. The van der Waals surface area contributed by atoms with Gasteiger partial charge in [0.1, 0.15) is 31.7 Å². The molecule has 0 fully saturated rings. The van der Waals surface area contributed by atoms with E-state index in [0.29, 0.717) is 9.80 Å². The molecule has 0 saturated heterocycles. The lowest BCUT2D eigenvalue weighted by Gasteiger charge is -2.27. The monoisotopic (exact) mass is 985 g/mol. The predicted octanol–water partition coefficient (Wildman–Crippen LogP) is -2.25. The molecule has 51 heavy (non-hydrogen) atoms. The van der Waals surface area contributed by atoms with Crippen LogP contribution < -0.4 is 16.0 Å². The second-order valence-corrected chi connectivity index (χ2v) is 16.1. The van der Waals surface area contributed by atoms with Crippen molar-refractivity contribution in [3.05, 3.63) is 0 Å². The number of rotatable bonds is 14. The molecule has 0 atom stereocenters. The van der Waals surface area contributed by atoms with E-state index in [4.69, 9.17) is 78.3 Å². The van der Waals surface area contributed by atoms with Crippen molar-refractivity contribution in [1.82, 2.24) is 25.8 Å². The molecule has 0 rings (SSSR count). The Morgan fingerprint density at radius 2 is 0.941 bits per heavy atom. The Morgan fingerprint density at radius 1 is 0.608 bits per heavy atom. The zero-order chi connectivity index (χ0) is 41.2. The molecule has 0 heterocycles. The summed E-state index contributed by atoms with van der Waals surface area (Å²) in [7, 11) is -21.1. The second kappa shape index (κ2) is 30.0. The van der Waals surface area contributed by atoms with Gasteiger partial charge in [-0.3, -0.25) is 37.7 Å². The molecule has 30 nitrogen and oxygen atoms in total. The van der Waals surface area contributed by atoms with Crippen LogP contribution in [0.5, 0.6) is 0 Å². The Morgan fingerprint density at radius 3 is 1.18 bits per heavy atom. The molecule has 0 aliphatic rings. The van der Waals surface area contributed by atoms with Gasteiger partial charge in [-0.05, 0) is 0 Å². The van der Waals surface area contributed by atoms with Gasteiger partial charge in [-0.15, -0.1) is 24.0 Å². The minimum Gasteiger partial charge on any atom is -0.480 e. The number of nitrogens with zero attached hydrogens (tertiary/aromatic N) is 2. The van der Waals surface area contributed by atoms with E-state index >= 15 is 0 Å². The molecule has 0 aromatic rings. The van der Waals surface area contributed by atoms with E-state index in [0.717, 1.165) is 18.9 Å². The van der Waals surface area contributed by atoms with Crippen LogP contribution in [-0.2, 0) is 51.6 Å². The lowest BCUT2D eigenvalue weighted by atomic mass is 10.6. The molecule has 320 valence electrons. The number of halogens is 1. The van der Waals surface area contributed by atoms with E-state index in [1.54, 1.807) is 10.6 Å². The third-order valence-electron chi connectivity index (χ3n) is 3.20. The van der Waals surface area contributed by atoms with Gasteiger partial charge in [-0.1, -0.05) is 0 Å². The highest BCUT2D eigenvalue weighted by Gasteiger charge is 2.30. The molecule has 15 N–H and O–H groups in total. The maximum atomic E-state index is 11.6. The van der Waals surface area contributed by atoms with Crippen molar-refractivity contribution in [1.29, 1.82) is 0 Å². The SMILES string of the molecule is CN(CP(=O)(O)O)C(=O)N(CC(=O)O)CP(=O)(O)O.I.O=C(NCP(=O)(O)O)NCP(=O)(O)O.O=C(O)CNCP(=O)(O)O.O=C=C=O.O=C=O.[HH].[HH].[HH].[HH].[HH].[HH].[HH].[HH].[HH].[HH]. The van der Waals surface area contributed by atoms with Crippen LogP contribution in [-0.4, -0.2) is 163 Å². The van der Waals surface area contributed by atoms with Gasteiger partial charge in [-0.2, -0.15) is 9.59 Å². The summed E-state index contributed by atoms with van der Waals surface area (Å²) in [5.41, 5.74) is 0. The summed E-state index contributed by atoms with van der Waals surface area (Å²) in [5.74, 6) is -0.917. The number of amides is 4. The number of nitrogens with one attached hydrogen (secondary N) is 3. The molecular weight excluding hydrogens is 932 g/mol. The summed E-state index contributed by atoms with van der Waals surface area (Å²) in [4.78, 5) is 161. The molecule has 0 aromatic heterocycles. The molecule has 0 aliphatic heterocycles. The highest BCUT2D eigenvalue weighted by Crippen LogP contribution is 2.37. The first-order valence-corrected chi connectivity index (χ1v) is 20.3. The van der Waals surface area contributed by atoms with E-state index in [1.807, 2.05) is 0 Å². The van der Waals surface area contributed by atoms with Gasteiger partial charge in [0.05, 0.1) is 12.8 Å². The fourth-order valence-electron chi connectivity index (χ4n) is 1.86. The number of urea groups is 2. The summed E-state index contributed by atoms with van der Waals surface area (Å²) in [5, 5.41) is 22.1. The van der Waals surface area contributed by atoms with Crippen LogP contribution in [0.15, 0.2) is 0 Å². The molecule has 0 spiro atoms. The van der Waals surface area contributed by atoms with Crippen LogP contribution in [0, 0.1) is 0 Å². The van der Waals surface area contributed by atoms with E-state index in [2.05, 4.69) is 5.32 Å². The molecule has 4 amide bonds. The molecule has 36 heteroatoms. The topological polar surface area (TPSA) is 507 Å². The van der Waals surface area contributed by atoms with Crippen molar-refractivity contribution in [2.45, 2.75) is 0 Å². The van der Waals surface area contributed by atoms with Crippen molar-refractivity contribution in [3.63, 3.8) is 0 Å². The van der Waals surface area contributed by atoms with Crippen molar-refractivity contribution in [2.24, 2.45) is 0 Å². The number of carbonyl (C=O) groups excluding carboxylic acids is 6. The second-order valence-electron chi connectivity index (χ2n) is 7.94. The van der Waals surface area contributed by atoms with Crippen LogP contribution in [0.1, 0.15) is 14.3 Å². The molecule has 0 bridgehead atoms. The Bertz CT molecular complexity index is 1430. The maximum Gasteiger partial charge on any atom is 0.373 e. The van der Waals surface area contributed by atoms with Gasteiger partial charge in [0.15, 0.2) is 0 Å². The number of carboxylic acids is 2. The van der Waals surface area contributed by atoms with Crippen LogP contribution in [0.25, 0.3) is 0 Å². The number of carboxylic acid groups (broad SMARTS) is 2. The normalized spacial score (nSPS) is 10.5. The number of hydrogen-bond donors (Lipinski definition) is 15. The Kier molecular flexibility index (Phi) is 35.6. The van der Waals surface area contributed by atoms with Crippen molar-refractivity contribution in [2.75, 3.05) is 51.6 Å². The molecule has 0 radical (unpaired) electrons. The third-order valence-corrected chi connectivity index (χ3v) is 6.48. The molecule has 0 aliphatic carbocycles. The predicted molar refractivity (Wildman–Crippen MR) is 192 cm³/mol. The quantitative estimate of drug-likeness (QED) is 0.0496. The highest BCUT2D eigenvalue weighted by molar-refractivity contribution is 14.0. The van der Waals surface area contributed by atoms with Crippen LogP contribution in [0.2, 0.25) is 0 Å². The lowest BCUT2D eigenvalue weighted by Crippen LogP contribution is -2.44. The van der Waals surface area contributed by atoms with Gasteiger partial charge in [0.2, 0.25) is 11.9 Å². The van der Waals surface area contributed by atoms with Gasteiger partial charge in [0, 0.05) is 21.3 Å². The van der Waals surface area contributed by atoms with Gasteiger partial charge < -0.3 is 79.6 Å². The zero-order valence-corrected chi connectivity index (χ0v) is 32.0. The van der Waals surface area contributed by atoms with E-state index in [9.17, 15) is 42.0 Å². The molecular formula is C15H53IN5O25P5. The van der Waals surface area contributed by atoms with Crippen molar-refractivity contribution < 1.29 is 135 Å². The largest absolute Gasteiger partial charge is 0.480 e. The summed E-state index contributed by atoms with van der Waals surface area (Å²) in [6.07, 6.45) is -4.29. The Labute approximate surface area is 315 Å². The summed E-state index contributed by atoms with van der Waals surface area (Å²) < 4.78 is 52.0. The zero-order valence-electron chi connectivity index (χ0n) is 25.2. The Hall–Kier alpha value is -2.54. The summed E-state index contributed by atoms with van der Waals surface area (Å²) >= 11 is 0. The fraction of sp³-hybridized carbons (Fsp3) is 0.533. The van der Waals surface area contributed by atoms with Gasteiger partial charge >= 0.3 is 68.1 Å². The maximum absolute atomic E-state index is 11.6. The van der Waals surface area contributed by atoms with Crippen LogP contribution in [0.3, 0.4) is 0 Å². The van der Waals surface area contributed by atoms with Crippen molar-refractivity contribution in [3.8, 4) is 0 Å². The lowest BCUT2D eigenvalue weighted by molar-refractivity contribution is -0.191. The third kappa shape index (κ3) is 63.0. The van der Waals surface area contributed by atoms with Crippen LogP contribution in [0.4, 0.5) is 9.59 Å². The van der Waals surface area contributed by atoms with Crippen molar-refractivity contribution >= 4 is 104 Å².